The molecule has 0 aliphatic carbocycles. The molecule has 0 aliphatic heterocycles. The molecule has 0 bridgehead atoms. The molecule has 2 aromatic heterocycles. The lowest BCUT2D eigenvalue weighted by Crippen LogP contribution is -2.25. The summed E-state index contributed by atoms with van der Waals surface area (Å²) in [4.78, 5) is 10.5. The van der Waals surface area contributed by atoms with Crippen LogP contribution in [0.2, 0.25) is 0 Å². The molecule has 0 amide bonds. The van der Waals surface area contributed by atoms with Gasteiger partial charge in [-0.1, -0.05) is 12.5 Å². The van der Waals surface area contributed by atoms with E-state index in [0.717, 1.165) is 52.9 Å². The van der Waals surface area contributed by atoms with Crippen molar-refractivity contribution in [2.45, 2.75) is 44.9 Å². The molecule has 0 fully saturated rings. The molecule has 0 atom stereocenters. The fourth-order valence-corrected chi connectivity index (χ4v) is 6.01. The van der Waals surface area contributed by atoms with Crippen molar-refractivity contribution in [2.75, 3.05) is 25.5 Å². The molecule has 2 heterocycles. The molecule has 0 unspecified atom stereocenters. The first kappa shape index (κ1) is 23.6. The van der Waals surface area contributed by atoms with Crippen molar-refractivity contribution in [3.63, 3.8) is 0 Å². The van der Waals surface area contributed by atoms with Gasteiger partial charge >= 0.3 is 0 Å². The molecule has 10 heteroatoms. The lowest BCUT2D eigenvalue weighted by atomic mass is 10.2. The molecule has 0 saturated heterocycles. The predicted molar refractivity (Wildman–Crippen MR) is 128 cm³/mol. The lowest BCUT2D eigenvalue weighted by Gasteiger charge is -2.11. The van der Waals surface area contributed by atoms with Gasteiger partial charge < -0.3 is 10.1 Å². The van der Waals surface area contributed by atoms with Crippen LogP contribution in [0.4, 0.5) is 5.13 Å². The summed E-state index contributed by atoms with van der Waals surface area (Å²) in [7, 11) is -2.12. The van der Waals surface area contributed by atoms with Gasteiger partial charge in [0.25, 0.3) is 0 Å². The van der Waals surface area contributed by atoms with Gasteiger partial charge in [0.05, 0.1) is 12.1 Å². The highest BCUT2D eigenvalue weighted by Crippen LogP contribution is 2.30. The first-order valence-corrected chi connectivity index (χ1v) is 13.3. The summed E-state index contributed by atoms with van der Waals surface area (Å²) < 4.78 is 33.0. The molecule has 3 aromatic rings. The third kappa shape index (κ3) is 6.25. The van der Waals surface area contributed by atoms with E-state index in [-0.39, 0.29) is 4.90 Å². The number of aryl methyl sites for hydroxylation is 3. The van der Waals surface area contributed by atoms with Gasteiger partial charge in [-0.25, -0.2) is 23.1 Å². The summed E-state index contributed by atoms with van der Waals surface area (Å²) in [5.74, 6) is 0.355. The third-order valence-electron chi connectivity index (χ3n) is 4.68. The second-order valence-electron chi connectivity index (χ2n) is 7.22. The molecule has 0 spiro atoms. The number of sulfonamides is 1. The van der Waals surface area contributed by atoms with Crippen LogP contribution in [0.5, 0.6) is 5.75 Å². The van der Waals surface area contributed by atoms with Crippen molar-refractivity contribution in [1.29, 1.82) is 0 Å². The molecule has 168 valence electrons. The van der Waals surface area contributed by atoms with E-state index in [4.69, 9.17) is 4.74 Å². The van der Waals surface area contributed by atoms with E-state index < -0.39 is 10.0 Å². The van der Waals surface area contributed by atoms with Crippen LogP contribution in [-0.4, -0.2) is 38.6 Å². The third-order valence-corrected chi connectivity index (χ3v) is 7.85. The highest BCUT2D eigenvalue weighted by atomic mass is 32.2. The van der Waals surface area contributed by atoms with Crippen LogP contribution in [0.25, 0.3) is 11.4 Å². The number of unbranched alkanes of at least 4 members (excludes halogenated alkanes) is 2. The van der Waals surface area contributed by atoms with Crippen molar-refractivity contribution in [3.8, 4) is 17.1 Å². The molecule has 0 radical (unpaired) electrons. The minimum Gasteiger partial charge on any atom is -0.495 e. The minimum atomic E-state index is -3.59. The van der Waals surface area contributed by atoms with Crippen LogP contribution in [0, 0.1) is 20.8 Å². The number of ether oxygens (including phenoxy) is 1. The number of benzene rings is 1. The largest absolute Gasteiger partial charge is 0.495 e. The summed E-state index contributed by atoms with van der Waals surface area (Å²) in [5.41, 5.74) is 2.75. The maximum atomic E-state index is 12.6. The quantitative estimate of drug-likeness (QED) is 0.384. The highest BCUT2D eigenvalue weighted by Gasteiger charge is 2.19. The fraction of sp³-hybridized carbons (Fsp3) is 0.429. The zero-order chi connectivity index (χ0) is 22.4. The molecular formula is C21H28N4O3S3. The van der Waals surface area contributed by atoms with Gasteiger partial charge in [-0.3, -0.25) is 0 Å². The Labute approximate surface area is 192 Å². The molecule has 2 N–H and O–H groups in total. The van der Waals surface area contributed by atoms with E-state index in [1.54, 1.807) is 34.8 Å². The van der Waals surface area contributed by atoms with Crippen LogP contribution >= 0.6 is 22.7 Å². The number of nitrogens with zero attached hydrogens (tertiary/aromatic N) is 2. The van der Waals surface area contributed by atoms with Crippen molar-refractivity contribution >= 4 is 37.8 Å². The number of methoxy groups -OCH3 is 1. The Morgan fingerprint density at radius 3 is 2.55 bits per heavy atom. The maximum absolute atomic E-state index is 12.6. The van der Waals surface area contributed by atoms with Gasteiger partial charge in [0.2, 0.25) is 10.0 Å². The number of aromatic nitrogens is 2. The molecule has 3 rings (SSSR count). The lowest BCUT2D eigenvalue weighted by molar-refractivity contribution is 0.402. The minimum absolute atomic E-state index is 0.182. The topological polar surface area (TPSA) is 93.2 Å². The average molecular weight is 481 g/mol. The van der Waals surface area contributed by atoms with Crippen LogP contribution in [0.3, 0.4) is 0 Å². The number of hydrogen-bond donors (Lipinski definition) is 2. The molecule has 0 saturated carbocycles. The van der Waals surface area contributed by atoms with Gasteiger partial charge in [-0.15, -0.1) is 22.7 Å². The Morgan fingerprint density at radius 2 is 1.84 bits per heavy atom. The maximum Gasteiger partial charge on any atom is 0.244 e. The van der Waals surface area contributed by atoms with Gasteiger partial charge in [0.15, 0.2) is 5.13 Å². The highest BCUT2D eigenvalue weighted by molar-refractivity contribution is 7.89. The Hall–Kier alpha value is -2.01. The number of anilines is 1. The zero-order valence-corrected chi connectivity index (χ0v) is 20.6. The second kappa shape index (κ2) is 10.5. The van der Waals surface area contributed by atoms with Crippen molar-refractivity contribution in [1.82, 2.24) is 14.7 Å². The number of rotatable bonds is 11. The summed E-state index contributed by atoms with van der Waals surface area (Å²) in [6.45, 7) is 7.11. The Morgan fingerprint density at radius 1 is 1.06 bits per heavy atom. The fourth-order valence-electron chi connectivity index (χ4n) is 3.13. The van der Waals surface area contributed by atoms with Gasteiger partial charge in [-0.05, 0) is 51.3 Å². The molecule has 31 heavy (non-hydrogen) atoms. The number of nitrogens with one attached hydrogen (secondary N) is 2. The smallest absolute Gasteiger partial charge is 0.244 e. The Balaban J connectivity index is 1.39. The van der Waals surface area contributed by atoms with E-state index in [0.29, 0.717) is 12.3 Å². The average Bonchev–Trinajstić information content (AvgIpc) is 3.32. The monoisotopic (exact) mass is 480 g/mol. The molecular weight excluding hydrogens is 452 g/mol. The van der Waals surface area contributed by atoms with Crippen LogP contribution < -0.4 is 14.8 Å². The van der Waals surface area contributed by atoms with Crippen molar-refractivity contribution < 1.29 is 13.2 Å². The summed E-state index contributed by atoms with van der Waals surface area (Å²) in [6, 6.07) is 5.13. The zero-order valence-electron chi connectivity index (χ0n) is 18.2. The molecule has 1 aromatic carbocycles. The molecule has 0 aliphatic rings. The van der Waals surface area contributed by atoms with Crippen molar-refractivity contribution in [2.24, 2.45) is 0 Å². The summed E-state index contributed by atoms with van der Waals surface area (Å²) >= 11 is 3.26. The van der Waals surface area contributed by atoms with Gasteiger partial charge in [0.1, 0.15) is 22.0 Å². The van der Waals surface area contributed by atoms with E-state index in [1.165, 1.54) is 12.0 Å². The second-order valence-corrected chi connectivity index (χ2v) is 11.2. The number of hydrogen-bond acceptors (Lipinski definition) is 8. The number of thiazole rings is 2. The summed E-state index contributed by atoms with van der Waals surface area (Å²) in [6.07, 6.45) is 2.60. The predicted octanol–water partition coefficient (Wildman–Crippen LogP) is 4.76. The SMILES string of the molecule is COc1ccc(C)cc1S(=O)(=O)NCCCCCNc1nc(-c2nc(C)sc2C)cs1. The van der Waals surface area contributed by atoms with Gasteiger partial charge in [-0.2, -0.15) is 0 Å². The Bertz CT molecular complexity index is 1120. The van der Waals surface area contributed by atoms with Crippen molar-refractivity contribution in [3.05, 3.63) is 39.0 Å². The van der Waals surface area contributed by atoms with E-state index in [9.17, 15) is 8.42 Å². The van der Waals surface area contributed by atoms with Crippen LogP contribution in [0.15, 0.2) is 28.5 Å². The first-order chi connectivity index (χ1) is 14.8. The first-order valence-electron chi connectivity index (χ1n) is 10.1. The molecule has 7 nitrogen and oxygen atoms in total. The Kier molecular flexibility index (Phi) is 8.04. The van der Waals surface area contributed by atoms with Crippen LogP contribution in [0.1, 0.15) is 34.7 Å². The van der Waals surface area contributed by atoms with Crippen LogP contribution in [-0.2, 0) is 10.0 Å². The van der Waals surface area contributed by atoms with E-state index in [1.807, 2.05) is 25.3 Å². The summed E-state index contributed by atoms with van der Waals surface area (Å²) in [5, 5.41) is 7.30. The van der Waals surface area contributed by atoms with E-state index in [2.05, 4.69) is 26.9 Å². The normalized spacial score (nSPS) is 11.6. The van der Waals surface area contributed by atoms with E-state index >= 15 is 0 Å². The standard InChI is InChI=1S/C21H28N4O3S3/c1-14-8-9-18(28-4)19(12-14)31(26,27)23-11-7-5-6-10-22-21-25-17(13-29-21)20-15(2)30-16(3)24-20/h8-9,12-13,23H,5-7,10-11H2,1-4H3,(H,22,25). The van der Waals surface area contributed by atoms with Gasteiger partial charge in [0, 0.05) is 23.3 Å².